The molecule has 2 N–H and O–H groups in total. The minimum atomic E-state index is -0.361. The van der Waals surface area contributed by atoms with E-state index in [0.29, 0.717) is 21.4 Å². The second-order valence-corrected chi connectivity index (χ2v) is 6.70. The first kappa shape index (κ1) is 18.3. The smallest absolute Gasteiger partial charge is 0.258 e. The number of hydrogen-bond donors (Lipinski definition) is 2. The molecule has 0 aliphatic carbocycles. The van der Waals surface area contributed by atoms with Crippen LogP contribution < -0.4 is 15.6 Å². The molecule has 1 amide bonds. The van der Waals surface area contributed by atoms with E-state index >= 15 is 0 Å². The molecule has 0 saturated carbocycles. The van der Waals surface area contributed by atoms with Crippen LogP contribution in [0.4, 0.5) is 0 Å². The summed E-state index contributed by atoms with van der Waals surface area (Å²) in [5, 5.41) is 4.39. The largest absolute Gasteiger partial charge is 0.482 e. The number of hydrogen-bond acceptors (Lipinski definition) is 3. The van der Waals surface area contributed by atoms with Gasteiger partial charge in [0.25, 0.3) is 11.5 Å². The van der Waals surface area contributed by atoms with Gasteiger partial charge in [0.15, 0.2) is 6.61 Å². The third-order valence-corrected chi connectivity index (χ3v) is 4.34. The Labute approximate surface area is 159 Å². The van der Waals surface area contributed by atoms with Gasteiger partial charge < -0.3 is 15.0 Å². The van der Waals surface area contributed by atoms with Gasteiger partial charge in [-0.15, -0.1) is 0 Å². The number of rotatable bonds is 5. The van der Waals surface area contributed by atoms with Crippen molar-refractivity contribution < 1.29 is 9.53 Å². The normalized spacial score (nSPS) is 10.7. The lowest BCUT2D eigenvalue weighted by Gasteiger charge is -2.09. The van der Waals surface area contributed by atoms with Gasteiger partial charge in [-0.1, -0.05) is 34.8 Å². The van der Waals surface area contributed by atoms with Crippen molar-refractivity contribution in [3.63, 3.8) is 0 Å². The van der Waals surface area contributed by atoms with E-state index in [2.05, 4.69) is 10.3 Å². The number of ether oxygens (including phenoxy) is 1. The predicted octanol–water partition coefficient (Wildman–Crippen LogP) is 3.84. The van der Waals surface area contributed by atoms with Gasteiger partial charge in [0.05, 0.1) is 5.02 Å². The third kappa shape index (κ3) is 4.36. The highest BCUT2D eigenvalue weighted by atomic mass is 35.5. The van der Waals surface area contributed by atoms with Crippen LogP contribution in [0, 0.1) is 6.92 Å². The number of carbonyl (C=O) groups is 1. The number of H-pyrrole nitrogens is 1. The first-order valence-electron chi connectivity index (χ1n) is 7.89. The number of aromatic nitrogens is 1. The second kappa shape index (κ2) is 7.81. The van der Waals surface area contributed by atoms with Crippen molar-refractivity contribution in [1.82, 2.24) is 10.3 Å². The summed E-state index contributed by atoms with van der Waals surface area (Å²) in [4.78, 5) is 26.9. The van der Waals surface area contributed by atoms with Gasteiger partial charge in [-0.25, -0.2) is 0 Å². The average molecular weight is 391 g/mol. The van der Waals surface area contributed by atoms with E-state index in [4.69, 9.17) is 27.9 Å². The molecule has 1 aromatic heterocycles. The van der Waals surface area contributed by atoms with Gasteiger partial charge in [0.1, 0.15) is 5.75 Å². The van der Waals surface area contributed by atoms with Crippen LogP contribution in [-0.4, -0.2) is 17.5 Å². The molecule has 0 unspecified atom stereocenters. The topological polar surface area (TPSA) is 71.2 Å². The predicted molar refractivity (Wildman–Crippen MR) is 103 cm³/mol. The molecule has 1 heterocycles. The van der Waals surface area contributed by atoms with Gasteiger partial charge in [0.2, 0.25) is 0 Å². The molecular formula is C19H16Cl2N2O3. The van der Waals surface area contributed by atoms with Crippen molar-refractivity contribution in [3.8, 4) is 5.75 Å². The zero-order chi connectivity index (χ0) is 18.7. The molecule has 3 rings (SSSR count). The summed E-state index contributed by atoms with van der Waals surface area (Å²) < 4.78 is 5.37. The van der Waals surface area contributed by atoms with Crippen LogP contribution in [0.1, 0.15) is 11.1 Å². The fraction of sp³-hybridized carbons (Fsp3) is 0.158. The van der Waals surface area contributed by atoms with Crippen LogP contribution in [0.2, 0.25) is 10.0 Å². The molecule has 3 aromatic rings. The molecule has 5 nitrogen and oxygen atoms in total. The van der Waals surface area contributed by atoms with E-state index in [0.717, 1.165) is 16.5 Å². The molecule has 0 aliphatic rings. The highest BCUT2D eigenvalue weighted by Gasteiger charge is 2.08. The summed E-state index contributed by atoms with van der Waals surface area (Å²) in [5.74, 6) is 0.00463. The second-order valence-electron chi connectivity index (χ2n) is 5.85. The zero-order valence-electron chi connectivity index (χ0n) is 13.9. The Hall–Kier alpha value is -2.50. The number of pyridine rings is 1. The number of aryl methyl sites for hydroxylation is 1. The Morgan fingerprint density at radius 1 is 1.15 bits per heavy atom. The van der Waals surface area contributed by atoms with Gasteiger partial charge in [0, 0.05) is 22.6 Å². The summed E-state index contributed by atoms with van der Waals surface area (Å²) in [6.45, 7) is 1.87. The average Bonchev–Trinajstić information content (AvgIpc) is 2.59. The highest BCUT2D eigenvalue weighted by Crippen LogP contribution is 2.27. The van der Waals surface area contributed by atoms with Gasteiger partial charge in [-0.3, -0.25) is 9.59 Å². The lowest BCUT2D eigenvalue weighted by Crippen LogP contribution is -2.30. The molecule has 0 aliphatic heterocycles. The van der Waals surface area contributed by atoms with Gasteiger partial charge in [-0.2, -0.15) is 0 Å². The van der Waals surface area contributed by atoms with Crippen molar-refractivity contribution in [2.75, 3.05) is 6.61 Å². The summed E-state index contributed by atoms with van der Waals surface area (Å²) >= 11 is 11.8. The monoisotopic (exact) mass is 390 g/mol. The molecular weight excluding hydrogens is 375 g/mol. The number of benzene rings is 2. The van der Waals surface area contributed by atoms with E-state index in [-0.39, 0.29) is 24.6 Å². The third-order valence-electron chi connectivity index (χ3n) is 3.81. The summed E-state index contributed by atoms with van der Waals surface area (Å²) in [5.41, 5.74) is 2.09. The molecule has 0 saturated heterocycles. The van der Waals surface area contributed by atoms with Gasteiger partial charge in [-0.05, 0) is 48.7 Å². The SMILES string of the molecule is Cc1ccc2[nH]c(=O)c(CNC(=O)COc3ccc(Cl)cc3Cl)cc2c1. The van der Waals surface area contributed by atoms with Crippen molar-refractivity contribution in [2.24, 2.45) is 0 Å². The molecule has 0 fully saturated rings. The quantitative estimate of drug-likeness (QED) is 0.694. The van der Waals surface area contributed by atoms with Crippen molar-refractivity contribution in [2.45, 2.75) is 13.5 Å². The Morgan fingerprint density at radius 2 is 1.96 bits per heavy atom. The van der Waals surface area contributed by atoms with Crippen LogP contribution >= 0.6 is 23.2 Å². The molecule has 0 spiro atoms. The zero-order valence-corrected chi connectivity index (χ0v) is 15.4. The van der Waals surface area contributed by atoms with Crippen LogP contribution in [0.3, 0.4) is 0 Å². The summed E-state index contributed by atoms with van der Waals surface area (Å²) in [6.07, 6.45) is 0. The van der Waals surface area contributed by atoms with E-state index in [9.17, 15) is 9.59 Å². The molecule has 0 bridgehead atoms. The Morgan fingerprint density at radius 3 is 2.73 bits per heavy atom. The van der Waals surface area contributed by atoms with Crippen LogP contribution in [0.25, 0.3) is 10.9 Å². The number of fused-ring (bicyclic) bond motifs is 1. The Bertz CT molecular complexity index is 1030. The minimum absolute atomic E-state index is 0.107. The highest BCUT2D eigenvalue weighted by molar-refractivity contribution is 6.35. The number of amides is 1. The molecule has 7 heteroatoms. The van der Waals surface area contributed by atoms with E-state index in [1.54, 1.807) is 18.2 Å². The molecule has 0 radical (unpaired) electrons. The lowest BCUT2D eigenvalue weighted by molar-refractivity contribution is -0.123. The van der Waals surface area contributed by atoms with Crippen LogP contribution in [-0.2, 0) is 11.3 Å². The summed E-state index contributed by atoms with van der Waals surface area (Å²) in [7, 11) is 0. The number of carbonyl (C=O) groups excluding carboxylic acids is 1. The van der Waals surface area contributed by atoms with E-state index in [1.165, 1.54) is 6.07 Å². The number of halogens is 2. The molecule has 2 aromatic carbocycles. The Balaban J connectivity index is 1.63. The standard InChI is InChI=1S/C19H16Cl2N2O3/c1-11-2-4-16-12(6-11)7-13(19(25)23-16)9-22-18(24)10-26-17-5-3-14(20)8-15(17)21/h2-8H,9-10H2,1H3,(H,22,24)(H,23,25). The van der Waals surface area contributed by atoms with Crippen LogP contribution in [0.5, 0.6) is 5.75 Å². The maximum absolute atomic E-state index is 12.1. The minimum Gasteiger partial charge on any atom is -0.482 e. The first-order valence-corrected chi connectivity index (χ1v) is 8.65. The Kier molecular flexibility index (Phi) is 5.49. The maximum atomic E-state index is 12.1. The molecule has 0 atom stereocenters. The molecule has 26 heavy (non-hydrogen) atoms. The van der Waals surface area contributed by atoms with Crippen molar-refractivity contribution in [1.29, 1.82) is 0 Å². The summed E-state index contributed by atoms with van der Waals surface area (Å²) in [6, 6.07) is 12.3. The lowest BCUT2D eigenvalue weighted by atomic mass is 10.1. The first-order chi connectivity index (χ1) is 12.4. The fourth-order valence-electron chi connectivity index (χ4n) is 2.48. The van der Waals surface area contributed by atoms with Crippen molar-refractivity contribution >= 4 is 40.0 Å². The van der Waals surface area contributed by atoms with E-state index in [1.807, 2.05) is 25.1 Å². The fourth-order valence-corrected chi connectivity index (χ4v) is 2.95. The van der Waals surface area contributed by atoms with E-state index < -0.39 is 0 Å². The van der Waals surface area contributed by atoms with Crippen molar-refractivity contribution in [3.05, 3.63) is 74.0 Å². The number of aromatic amines is 1. The molecule has 134 valence electrons. The maximum Gasteiger partial charge on any atom is 0.258 e. The van der Waals surface area contributed by atoms with Crippen LogP contribution in [0.15, 0.2) is 47.3 Å². The van der Waals surface area contributed by atoms with Gasteiger partial charge >= 0.3 is 0 Å². The number of nitrogens with one attached hydrogen (secondary N) is 2.